The number of hydrogen-bond acceptors (Lipinski definition) is 1. The maximum absolute atomic E-state index is 9.71. The van der Waals surface area contributed by atoms with Gasteiger partial charge in [0.25, 0.3) is 0 Å². The second-order valence-corrected chi connectivity index (χ2v) is 17.0. The molecule has 0 aliphatic carbocycles. The average molecular weight is 230 g/mol. The van der Waals surface area contributed by atoms with Crippen molar-refractivity contribution in [2.75, 3.05) is 0 Å². The Morgan fingerprint density at radius 2 is 1.57 bits per heavy atom. The summed E-state index contributed by atoms with van der Waals surface area (Å²) in [5.41, 5.74) is 3.65. The fourth-order valence-electron chi connectivity index (χ4n) is 1.49. The quantitative estimate of drug-likeness (QED) is 0.733. The zero-order valence-electron chi connectivity index (χ0n) is 10.8. The topological polar surface area (TPSA) is 20.2 Å². The van der Waals surface area contributed by atoms with Crippen LogP contribution in [-0.2, 0) is 0 Å². The third kappa shape index (κ3) is 7.53. The lowest BCUT2D eigenvalue weighted by molar-refractivity contribution is 0.231. The molecule has 0 aliphatic rings. The summed E-state index contributed by atoms with van der Waals surface area (Å²) < 4.78 is 0. The van der Waals surface area contributed by atoms with Crippen LogP contribution in [0.2, 0.25) is 45.3 Å². The van der Waals surface area contributed by atoms with Crippen LogP contribution in [0.3, 0.4) is 0 Å². The third-order valence-electron chi connectivity index (χ3n) is 1.89. The second kappa shape index (κ2) is 4.77. The standard InChI is InChI=1S/C11H26OSi2/c1-10(12)11(8-13(2,3)4)9-14(5,6)7/h8,10,12H,9H2,1-7H3/b11-8+. The fourth-order valence-corrected chi connectivity index (χ4v) is 4.77. The van der Waals surface area contributed by atoms with E-state index in [0.717, 1.165) is 6.04 Å². The van der Waals surface area contributed by atoms with Crippen LogP contribution in [0, 0.1) is 0 Å². The Kier molecular flexibility index (Phi) is 4.82. The Morgan fingerprint density at radius 3 is 1.79 bits per heavy atom. The van der Waals surface area contributed by atoms with Gasteiger partial charge in [-0.25, -0.2) is 0 Å². The van der Waals surface area contributed by atoms with Gasteiger partial charge < -0.3 is 5.11 Å². The Labute approximate surface area is 91.3 Å². The maximum Gasteiger partial charge on any atom is 0.0715 e. The number of aliphatic hydroxyl groups is 1. The van der Waals surface area contributed by atoms with E-state index >= 15 is 0 Å². The maximum atomic E-state index is 9.71. The van der Waals surface area contributed by atoms with Gasteiger partial charge in [-0.3, -0.25) is 0 Å². The van der Waals surface area contributed by atoms with E-state index in [1.54, 1.807) is 0 Å². The molecule has 3 heteroatoms. The van der Waals surface area contributed by atoms with Crippen molar-refractivity contribution in [1.82, 2.24) is 0 Å². The highest BCUT2D eigenvalue weighted by Gasteiger charge is 2.20. The first kappa shape index (κ1) is 14.1. The summed E-state index contributed by atoms with van der Waals surface area (Å²) in [7, 11) is -2.27. The molecule has 0 bridgehead atoms. The third-order valence-corrected chi connectivity index (χ3v) is 4.60. The first-order chi connectivity index (χ1) is 6.01. The van der Waals surface area contributed by atoms with Crippen LogP contribution in [0.25, 0.3) is 0 Å². The van der Waals surface area contributed by atoms with E-state index in [1.807, 2.05) is 6.92 Å². The lowest BCUT2D eigenvalue weighted by Gasteiger charge is -2.23. The van der Waals surface area contributed by atoms with Crippen molar-refractivity contribution < 1.29 is 5.11 Å². The minimum Gasteiger partial charge on any atom is -0.389 e. The van der Waals surface area contributed by atoms with E-state index in [0.29, 0.717) is 0 Å². The normalized spacial score (nSPS) is 17.0. The number of aliphatic hydroxyl groups excluding tert-OH is 1. The van der Waals surface area contributed by atoms with Crippen molar-refractivity contribution in [3.63, 3.8) is 0 Å². The molecule has 1 nitrogen and oxygen atoms in total. The van der Waals surface area contributed by atoms with Crippen molar-refractivity contribution >= 4 is 16.1 Å². The Bertz CT molecular complexity index is 206. The summed E-state index contributed by atoms with van der Waals surface area (Å²) in [5.74, 6) is 0. The van der Waals surface area contributed by atoms with E-state index in [4.69, 9.17) is 0 Å². The van der Waals surface area contributed by atoms with Crippen molar-refractivity contribution in [2.45, 2.75) is 58.4 Å². The van der Waals surface area contributed by atoms with E-state index < -0.39 is 16.1 Å². The first-order valence-corrected chi connectivity index (χ1v) is 12.7. The van der Waals surface area contributed by atoms with Crippen LogP contribution in [-0.4, -0.2) is 27.4 Å². The zero-order chi connectivity index (χ0) is 11.6. The molecule has 0 aromatic heterocycles. The molecule has 0 aromatic rings. The first-order valence-electron chi connectivity index (χ1n) is 5.41. The molecule has 84 valence electrons. The molecule has 0 rings (SSSR count). The second-order valence-electron chi connectivity index (χ2n) is 6.50. The van der Waals surface area contributed by atoms with Crippen molar-refractivity contribution in [3.05, 3.63) is 11.3 Å². The average Bonchev–Trinajstić information content (AvgIpc) is 1.78. The summed E-state index contributed by atoms with van der Waals surface area (Å²) in [6.45, 7) is 15.9. The highest BCUT2D eigenvalue weighted by atomic mass is 28.3. The molecule has 0 saturated heterocycles. The monoisotopic (exact) mass is 230 g/mol. The van der Waals surface area contributed by atoms with Gasteiger partial charge in [-0.05, 0) is 13.0 Å². The van der Waals surface area contributed by atoms with E-state index in [1.165, 1.54) is 5.57 Å². The summed E-state index contributed by atoms with van der Waals surface area (Å²) in [6, 6.07) is 1.13. The van der Waals surface area contributed by atoms with E-state index in [9.17, 15) is 5.11 Å². The van der Waals surface area contributed by atoms with Crippen LogP contribution in [0.5, 0.6) is 0 Å². The predicted octanol–water partition coefficient (Wildman–Crippen LogP) is 3.51. The van der Waals surface area contributed by atoms with Crippen LogP contribution in [0.1, 0.15) is 6.92 Å². The van der Waals surface area contributed by atoms with Crippen LogP contribution >= 0.6 is 0 Å². The molecule has 0 fully saturated rings. The molecule has 0 aromatic carbocycles. The molecule has 0 amide bonds. The smallest absolute Gasteiger partial charge is 0.0715 e. The Hall–Kier alpha value is 0.134. The fraction of sp³-hybridized carbons (Fsp3) is 0.818. The summed E-state index contributed by atoms with van der Waals surface area (Å²) >= 11 is 0. The number of hydrogen-bond donors (Lipinski definition) is 1. The molecule has 1 N–H and O–H groups in total. The van der Waals surface area contributed by atoms with Crippen LogP contribution in [0.4, 0.5) is 0 Å². The molecule has 0 aliphatic heterocycles. The van der Waals surface area contributed by atoms with E-state index in [2.05, 4.69) is 45.0 Å². The van der Waals surface area contributed by atoms with Gasteiger partial charge in [-0.2, -0.15) is 0 Å². The highest BCUT2D eigenvalue weighted by molar-refractivity contribution is 6.81. The zero-order valence-corrected chi connectivity index (χ0v) is 12.8. The highest BCUT2D eigenvalue weighted by Crippen LogP contribution is 2.21. The molecule has 14 heavy (non-hydrogen) atoms. The van der Waals surface area contributed by atoms with Crippen LogP contribution in [0.15, 0.2) is 11.3 Å². The van der Waals surface area contributed by atoms with Gasteiger partial charge in [-0.15, -0.1) is 0 Å². The molecule has 1 atom stereocenters. The molecular weight excluding hydrogens is 204 g/mol. The minimum atomic E-state index is -1.18. The largest absolute Gasteiger partial charge is 0.389 e. The van der Waals surface area contributed by atoms with E-state index in [-0.39, 0.29) is 6.10 Å². The molecule has 0 heterocycles. The van der Waals surface area contributed by atoms with Gasteiger partial charge in [-0.1, -0.05) is 50.6 Å². The molecular formula is C11H26OSi2. The molecule has 0 radical (unpaired) electrons. The van der Waals surface area contributed by atoms with Crippen molar-refractivity contribution in [3.8, 4) is 0 Å². The summed E-state index contributed by atoms with van der Waals surface area (Å²) in [6.07, 6.45) is -0.256. The predicted molar refractivity (Wildman–Crippen MR) is 71.3 cm³/mol. The summed E-state index contributed by atoms with van der Waals surface area (Å²) in [5, 5.41) is 9.71. The molecule has 0 saturated carbocycles. The van der Waals surface area contributed by atoms with Gasteiger partial charge >= 0.3 is 0 Å². The Balaban J connectivity index is 4.71. The lowest BCUT2D eigenvalue weighted by atomic mass is 10.2. The van der Waals surface area contributed by atoms with Gasteiger partial charge in [0.05, 0.1) is 14.2 Å². The van der Waals surface area contributed by atoms with Gasteiger partial charge in [0.1, 0.15) is 0 Å². The minimum absolute atomic E-state index is 0.256. The van der Waals surface area contributed by atoms with Gasteiger partial charge in [0, 0.05) is 8.07 Å². The lowest BCUT2D eigenvalue weighted by Crippen LogP contribution is -2.26. The van der Waals surface area contributed by atoms with Gasteiger partial charge in [0.15, 0.2) is 0 Å². The van der Waals surface area contributed by atoms with Crippen LogP contribution < -0.4 is 0 Å². The van der Waals surface area contributed by atoms with Crippen molar-refractivity contribution in [1.29, 1.82) is 0 Å². The van der Waals surface area contributed by atoms with Crippen molar-refractivity contribution in [2.24, 2.45) is 0 Å². The Morgan fingerprint density at radius 1 is 1.14 bits per heavy atom. The molecule has 0 spiro atoms. The van der Waals surface area contributed by atoms with Gasteiger partial charge in [0.2, 0.25) is 0 Å². The SMILES string of the molecule is CC(O)/C(=C/[Si](C)(C)C)C[Si](C)(C)C. The summed E-state index contributed by atoms with van der Waals surface area (Å²) in [4.78, 5) is 0. The number of rotatable bonds is 4. The molecule has 1 unspecified atom stereocenters.